The van der Waals surface area contributed by atoms with E-state index < -0.39 is 78.4 Å². The largest absolute Gasteiger partial charge is 0.472 e. The summed E-state index contributed by atoms with van der Waals surface area (Å²) in [6.45, 7) is 1.30. The summed E-state index contributed by atoms with van der Waals surface area (Å²) in [6.07, 6.45) is 36.5. The predicted octanol–water partition coefficient (Wildman–Crippen LogP) is 8.72. The maximum absolute atomic E-state index is 12.6. The molecule has 0 aliphatic heterocycles. The van der Waals surface area contributed by atoms with Crippen LogP contribution in [0, 0.1) is 0 Å². The highest BCUT2D eigenvalue weighted by Crippen LogP contribution is 2.43. The quantitative estimate of drug-likeness (QED) is 0.0111. The van der Waals surface area contributed by atoms with Gasteiger partial charge in [-0.3, -0.25) is 23.2 Å². The summed E-state index contributed by atoms with van der Waals surface area (Å²) >= 11 is 0. The van der Waals surface area contributed by atoms with E-state index in [-0.39, 0.29) is 25.7 Å². The Morgan fingerprint density at radius 3 is 1.62 bits per heavy atom. The molecule has 0 amide bonds. The molecule has 0 aliphatic carbocycles. The summed E-state index contributed by atoms with van der Waals surface area (Å²) < 4.78 is 47.5. The van der Waals surface area contributed by atoms with Crippen molar-refractivity contribution >= 4 is 27.6 Å². The summed E-state index contributed by atoms with van der Waals surface area (Å²) in [4.78, 5) is 52.7. The highest BCUT2D eigenvalue weighted by Gasteiger charge is 2.28. The minimum atomic E-state index is -4.90. The number of phosphoric ester groups is 2. The fourth-order valence-corrected chi connectivity index (χ4v) is 6.25. The van der Waals surface area contributed by atoms with Crippen molar-refractivity contribution in [3.8, 4) is 0 Å². The monoisotopic (exact) mass is 904 g/mol. The Balaban J connectivity index is 4.83. The Morgan fingerprint density at radius 2 is 1.03 bits per heavy atom. The van der Waals surface area contributed by atoms with Crippen molar-refractivity contribution in [1.29, 1.82) is 0 Å². The molecule has 350 valence electrons. The number of unbranched alkanes of at least 4 members (excludes halogenated alkanes) is 7. The van der Waals surface area contributed by atoms with Gasteiger partial charge in [-0.15, -0.1) is 0 Å². The maximum Gasteiger partial charge on any atom is 0.472 e. The number of aliphatic hydroxyl groups excluding tert-OH is 3. The fourth-order valence-electron chi connectivity index (χ4n) is 5.10. The SMILES string of the molecule is CCCCC/C=C\C/C=C\C/C=C\CCCCC(=O)O[C@H](COC(=O)CCC[C@@H](O)/C=C/C=C\C/C=C\C=C\[C@@H](O)CCCCC)COP(=O)(O)OC[C@@H](O)COP(=O)(O)O. The molecule has 0 saturated carbocycles. The van der Waals surface area contributed by atoms with Crippen LogP contribution in [0.2, 0.25) is 0 Å². The molecule has 0 aromatic heterocycles. The third-order valence-corrected chi connectivity index (χ3v) is 9.89. The van der Waals surface area contributed by atoms with Crippen LogP contribution >= 0.6 is 15.6 Å². The van der Waals surface area contributed by atoms with E-state index in [1.807, 2.05) is 30.4 Å². The number of phosphoric acid groups is 2. The molecule has 6 N–H and O–H groups in total. The highest BCUT2D eigenvalue weighted by atomic mass is 31.2. The summed E-state index contributed by atoms with van der Waals surface area (Å²) in [5.41, 5.74) is 0. The molecule has 1 unspecified atom stereocenters. The van der Waals surface area contributed by atoms with Crippen molar-refractivity contribution in [1.82, 2.24) is 0 Å². The predicted molar refractivity (Wildman–Crippen MR) is 237 cm³/mol. The zero-order valence-electron chi connectivity index (χ0n) is 36.2. The lowest BCUT2D eigenvalue weighted by Crippen LogP contribution is -2.30. The van der Waals surface area contributed by atoms with Gasteiger partial charge >= 0.3 is 27.6 Å². The van der Waals surface area contributed by atoms with Crippen molar-refractivity contribution in [2.75, 3.05) is 26.4 Å². The normalized spacial score (nSPS) is 15.9. The molecule has 0 rings (SSSR count). The lowest BCUT2D eigenvalue weighted by molar-refractivity contribution is -0.161. The first kappa shape index (κ1) is 58.2. The Hall–Kier alpha value is -2.78. The van der Waals surface area contributed by atoms with Crippen LogP contribution in [0.1, 0.15) is 129 Å². The first-order valence-corrected chi connectivity index (χ1v) is 24.5. The van der Waals surface area contributed by atoms with E-state index in [0.29, 0.717) is 19.3 Å². The number of rotatable bonds is 39. The first-order chi connectivity index (χ1) is 29.2. The molecule has 17 heteroatoms. The molecule has 61 heavy (non-hydrogen) atoms. The Kier molecular flexibility index (Phi) is 37.1. The third-order valence-electron chi connectivity index (χ3n) is 8.45. The highest BCUT2D eigenvalue weighted by molar-refractivity contribution is 7.47. The molecule has 0 aliphatic rings. The second kappa shape index (κ2) is 38.9. The van der Waals surface area contributed by atoms with E-state index in [9.17, 15) is 38.9 Å². The van der Waals surface area contributed by atoms with Crippen LogP contribution in [0.3, 0.4) is 0 Å². The van der Waals surface area contributed by atoms with Gasteiger partial charge in [0.1, 0.15) is 12.7 Å². The second-order valence-corrected chi connectivity index (χ2v) is 17.0. The number of esters is 2. The summed E-state index contributed by atoms with van der Waals surface area (Å²) in [5, 5.41) is 29.9. The molecule has 0 fully saturated rings. The molecule has 5 atom stereocenters. The van der Waals surface area contributed by atoms with Crippen molar-refractivity contribution in [3.63, 3.8) is 0 Å². The van der Waals surface area contributed by atoms with Crippen molar-refractivity contribution in [2.45, 2.75) is 154 Å². The number of aliphatic hydroxyl groups is 3. The summed E-state index contributed by atoms with van der Waals surface area (Å²) in [7, 11) is -9.77. The van der Waals surface area contributed by atoms with Crippen LogP contribution in [0.4, 0.5) is 0 Å². The van der Waals surface area contributed by atoms with E-state index in [2.05, 4.69) is 53.3 Å². The van der Waals surface area contributed by atoms with Crippen molar-refractivity contribution in [3.05, 3.63) is 85.1 Å². The van der Waals surface area contributed by atoms with E-state index in [4.69, 9.17) is 23.8 Å². The summed E-state index contributed by atoms with van der Waals surface area (Å²) in [6, 6.07) is 0. The van der Waals surface area contributed by atoms with Crippen LogP contribution in [0.5, 0.6) is 0 Å². The average Bonchev–Trinajstić information content (AvgIpc) is 3.21. The second-order valence-electron chi connectivity index (χ2n) is 14.3. The van der Waals surface area contributed by atoms with Crippen LogP contribution < -0.4 is 0 Å². The molecule has 0 heterocycles. The average molecular weight is 905 g/mol. The summed E-state index contributed by atoms with van der Waals surface area (Å²) in [5.74, 6) is -1.31. The van der Waals surface area contributed by atoms with Gasteiger partial charge in [0.2, 0.25) is 0 Å². The molecule has 0 bridgehead atoms. The van der Waals surface area contributed by atoms with Crippen LogP contribution in [0.25, 0.3) is 0 Å². The lowest BCUT2D eigenvalue weighted by atomic mass is 10.1. The van der Waals surface area contributed by atoms with Gasteiger partial charge in [-0.2, -0.15) is 0 Å². The first-order valence-electron chi connectivity index (χ1n) is 21.5. The smallest absolute Gasteiger partial charge is 0.462 e. The molecule has 0 radical (unpaired) electrons. The molecule has 15 nitrogen and oxygen atoms in total. The molecule has 0 aromatic carbocycles. The van der Waals surface area contributed by atoms with E-state index in [1.54, 1.807) is 24.3 Å². The Morgan fingerprint density at radius 1 is 0.541 bits per heavy atom. The van der Waals surface area contributed by atoms with E-state index >= 15 is 0 Å². The van der Waals surface area contributed by atoms with Gasteiger partial charge < -0.3 is 39.5 Å². The zero-order chi connectivity index (χ0) is 45.5. The number of carbonyl (C=O) groups is 2. The molecule has 0 spiro atoms. The van der Waals surface area contributed by atoms with Gasteiger partial charge in [0.05, 0.1) is 32.0 Å². The minimum absolute atomic E-state index is 0.0285. The molecular formula is C44H74O15P2. The number of ether oxygens (including phenoxy) is 2. The van der Waals surface area contributed by atoms with Gasteiger partial charge in [-0.1, -0.05) is 131 Å². The van der Waals surface area contributed by atoms with Crippen molar-refractivity contribution < 1.29 is 71.8 Å². The number of hydrogen-bond donors (Lipinski definition) is 6. The van der Waals surface area contributed by atoms with Gasteiger partial charge in [0.15, 0.2) is 6.10 Å². The fraction of sp³-hybridized carbons (Fsp3) is 0.636. The Labute approximate surface area is 363 Å². The molecular weight excluding hydrogens is 830 g/mol. The van der Waals surface area contributed by atoms with Crippen LogP contribution in [-0.2, 0) is 41.8 Å². The number of hydrogen-bond acceptors (Lipinski definition) is 12. The Bertz CT molecular complexity index is 1430. The zero-order valence-corrected chi connectivity index (χ0v) is 38.0. The van der Waals surface area contributed by atoms with Gasteiger partial charge in [-0.25, -0.2) is 9.13 Å². The standard InChI is InChI=1S/C44H74O15P2/c1-3-5-7-8-9-10-11-12-13-14-15-16-20-23-27-33-44(49)59-42(38-58-61(53,54)57-36-41(47)35-56-60(50,51)52)37-55-43(48)34-28-32-40(46)31-26-22-19-17-18-21-25-30-39(45)29-24-6-4-2/h9-10,12-13,15-16,18-19,21-22,25-26,30-31,39-42,45-47H,3-8,11,14,17,20,23-24,27-29,32-38H2,1-2H3,(H,53,54)(H2,50,51,52)/b10-9-,13-12-,16-15-,21-18-,22-19-,30-25+,31-26+/t39-,40-,41-,42+/m0/s1. The van der Waals surface area contributed by atoms with Crippen LogP contribution in [-0.4, -0.2) is 92.8 Å². The van der Waals surface area contributed by atoms with E-state index in [0.717, 1.165) is 51.4 Å². The molecule has 0 saturated heterocycles. The van der Waals surface area contributed by atoms with Crippen molar-refractivity contribution in [2.24, 2.45) is 0 Å². The minimum Gasteiger partial charge on any atom is -0.462 e. The van der Waals surface area contributed by atoms with Gasteiger partial charge in [0, 0.05) is 12.8 Å². The third kappa shape index (κ3) is 42.3. The number of carbonyl (C=O) groups excluding carboxylic acids is 2. The molecule has 0 aromatic rings. The lowest BCUT2D eigenvalue weighted by Gasteiger charge is -2.20. The van der Waals surface area contributed by atoms with Gasteiger partial charge in [0.25, 0.3) is 0 Å². The van der Waals surface area contributed by atoms with E-state index in [1.165, 1.54) is 19.3 Å². The maximum atomic E-state index is 12.6. The number of allylic oxidation sites excluding steroid dienone is 12. The van der Waals surface area contributed by atoms with Gasteiger partial charge in [-0.05, 0) is 70.6 Å². The van der Waals surface area contributed by atoms with Crippen LogP contribution in [0.15, 0.2) is 85.1 Å². The topological polar surface area (TPSA) is 236 Å².